The molecule has 1 fully saturated rings. The molecule has 1 aliphatic heterocycles. The van der Waals surface area contributed by atoms with E-state index in [-0.39, 0.29) is 6.29 Å². The third kappa shape index (κ3) is 7.67. The van der Waals surface area contributed by atoms with Gasteiger partial charge in [-0.25, -0.2) is 4.98 Å². The van der Waals surface area contributed by atoms with E-state index in [4.69, 9.17) is 9.47 Å². The highest BCUT2D eigenvalue weighted by atomic mass is 16.7. The van der Waals surface area contributed by atoms with Gasteiger partial charge in [0.2, 0.25) is 0 Å². The molecule has 37 heavy (non-hydrogen) atoms. The van der Waals surface area contributed by atoms with Crippen molar-refractivity contribution in [1.29, 1.82) is 0 Å². The highest BCUT2D eigenvalue weighted by molar-refractivity contribution is 6.08. The fraction of sp³-hybridized carbons (Fsp3) is 0.344. The van der Waals surface area contributed by atoms with E-state index in [0.29, 0.717) is 25.0 Å². The minimum atomic E-state index is -0.0778. The van der Waals surface area contributed by atoms with Gasteiger partial charge in [0, 0.05) is 18.4 Å². The van der Waals surface area contributed by atoms with Crippen molar-refractivity contribution in [2.45, 2.75) is 51.3 Å². The quantitative estimate of drug-likeness (QED) is 0.233. The molecule has 2 heterocycles. The SMILES string of the molecule is BCCCC(c1ccccc1)c1ccccc1.CCC(Cn1cncc1-c1ccccc1)C1OCCO1. The largest absolute Gasteiger partial charge is 0.350 e. The highest BCUT2D eigenvalue weighted by Gasteiger charge is 2.26. The maximum absolute atomic E-state index is 5.64. The summed E-state index contributed by atoms with van der Waals surface area (Å²) >= 11 is 0. The van der Waals surface area contributed by atoms with Gasteiger partial charge in [-0.15, -0.1) is 0 Å². The van der Waals surface area contributed by atoms with Gasteiger partial charge in [0.1, 0.15) is 7.85 Å². The van der Waals surface area contributed by atoms with Crippen LogP contribution in [-0.2, 0) is 16.0 Å². The summed E-state index contributed by atoms with van der Waals surface area (Å²) in [7, 11) is 2.26. The normalized spacial score (nSPS) is 14.3. The van der Waals surface area contributed by atoms with Crippen LogP contribution < -0.4 is 0 Å². The van der Waals surface area contributed by atoms with Crippen molar-refractivity contribution in [2.24, 2.45) is 5.92 Å². The van der Waals surface area contributed by atoms with Crippen LogP contribution in [0.15, 0.2) is 104 Å². The number of aromatic nitrogens is 2. The molecule has 1 aromatic heterocycles. The topological polar surface area (TPSA) is 36.3 Å². The summed E-state index contributed by atoms with van der Waals surface area (Å²) in [4.78, 5) is 4.29. The molecule has 0 aliphatic carbocycles. The Bertz CT molecular complexity index is 1110. The van der Waals surface area contributed by atoms with Crippen LogP contribution in [0, 0.1) is 5.92 Å². The molecule has 1 saturated heterocycles. The third-order valence-corrected chi connectivity index (χ3v) is 7.02. The number of hydrogen-bond acceptors (Lipinski definition) is 3. The number of nitrogens with zero attached hydrogens (tertiary/aromatic N) is 2. The number of benzene rings is 3. The Kier molecular flexibility index (Phi) is 10.6. The van der Waals surface area contributed by atoms with E-state index in [2.05, 4.69) is 97.1 Å². The van der Waals surface area contributed by atoms with Crippen molar-refractivity contribution in [3.63, 3.8) is 0 Å². The lowest BCUT2D eigenvalue weighted by Gasteiger charge is -2.22. The maximum Gasteiger partial charge on any atom is 0.162 e. The van der Waals surface area contributed by atoms with Crippen LogP contribution >= 0.6 is 0 Å². The lowest BCUT2D eigenvalue weighted by Crippen LogP contribution is -2.25. The molecular formula is C32H39BN2O2. The summed E-state index contributed by atoms with van der Waals surface area (Å²) in [6, 6.07) is 32.0. The molecule has 0 saturated carbocycles. The van der Waals surface area contributed by atoms with Gasteiger partial charge in [-0.05, 0) is 29.5 Å². The van der Waals surface area contributed by atoms with Crippen molar-refractivity contribution in [3.05, 3.63) is 115 Å². The van der Waals surface area contributed by atoms with E-state index in [0.717, 1.165) is 18.7 Å². The van der Waals surface area contributed by atoms with Gasteiger partial charge in [-0.2, -0.15) is 0 Å². The molecule has 4 nitrogen and oxygen atoms in total. The molecule has 0 amide bonds. The van der Waals surface area contributed by atoms with Crippen molar-refractivity contribution in [1.82, 2.24) is 9.55 Å². The van der Waals surface area contributed by atoms with Gasteiger partial charge >= 0.3 is 0 Å². The lowest BCUT2D eigenvalue weighted by molar-refractivity contribution is -0.0883. The molecule has 3 aromatic carbocycles. The Balaban J connectivity index is 0.000000176. The molecule has 0 radical (unpaired) electrons. The highest BCUT2D eigenvalue weighted by Crippen LogP contribution is 2.29. The maximum atomic E-state index is 5.64. The van der Waals surface area contributed by atoms with Gasteiger partial charge in [0.05, 0.1) is 31.4 Å². The zero-order chi connectivity index (χ0) is 25.7. The zero-order valence-electron chi connectivity index (χ0n) is 22.2. The van der Waals surface area contributed by atoms with E-state index in [1.807, 2.05) is 30.7 Å². The molecular weight excluding hydrogens is 455 g/mol. The molecule has 1 unspecified atom stereocenters. The Morgan fingerprint density at radius 2 is 1.43 bits per heavy atom. The van der Waals surface area contributed by atoms with E-state index in [9.17, 15) is 0 Å². The van der Waals surface area contributed by atoms with Gasteiger partial charge in [-0.3, -0.25) is 0 Å². The molecule has 192 valence electrons. The van der Waals surface area contributed by atoms with Gasteiger partial charge < -0.3 is 14.0 Å². The van der Waals surface area contributed by atoms with E-state index in [1.165, 1.54) is 35.9 Å². The summed E-state index contributed by atoms with van der Waals surface area (Å²) in [6.45, 7) is 4.45. The summed E-state index contributed by atoms with van der Waals surface area (Å²) in [5.41, 5.74) is 5.20. The first-order chi connectivity index (χ1) is 18.3. The van der Waals surface area contributed by atoms with Crippen molar-refractivity contribution < 1.29 is 9.47 Å². The molecule has 5 heteroatoms. The average molecular weight is 494 g/mol. The average Bonchev–Trinajstić information content (AvgIpc) is 3.67. The predicted octanol–water partition coefficient (Wildman–Crippen LogP) is 6.60. The van der Waals surface area contributed by atoms with E-state index >= 15 is 0 Å². The molecule has 4 aromatic rings. The standard InChI is InChI=1S/C16H19B.C16H20N2O2/c17-13-7-12-16(14-8-3-1-4-9-14)15-10-5-2-6-11-15;1-2-13(16-19-8-9-20-16)11-18-12-17-10-15(18)14-6-4-3-5-7-14/h1-6,8-11,16H,7,12-13,17H2;3-7,10,12-13,16H,2,8-9,11H2,1H3. The van der Waals surface area contributed by atoms with Crippen molar-refractivity contribution in [3.8, 4) is 11.3 Å². The number of rotatable bonds is 10. The van der Waals surface area contributed by atoms with Crippen LogP contribution in [0.2, 0.25) is 6.32 Å². The second-order valence-corrected chi connectivity index (χ2v) is 9.59. The van der Waals surface area contributed by atoms with E-state index < -0.39 is 0 Å². The molecule has 5 rings (SSSR count). The second kappa shape index (κ2) is 14.6. The van der Waals surface area contributed by atoms with Crippen LogP contribution in [0.5, 0.6) is 0 Å². The molecule has 0 N–H and O–H groups in total. The molecule has 0 spiro atoms. The first-order valence-corrected chi connectivity index (χ1v) is 13.7. The van der Waals surface area contributed by atoms with Crippen molar-refractivity contribution in [2.75, 3.05) is 13.2 Å². The zero-order valence-corrected chi connectivity index (χ0v) is 22.2. The fourth-order valence-corrected chi connectivity index (χ4v) is 4.93. The van der Waals surface area contributed by atoms with Crippen LogP contribution in [0.25, 0.3) is 11.3 Å². The lowest BCUT2D eigenvalue weighted by atomic mass is 9.85. The number of imidazole rings is 1. The van der Waals surface area contributed by atoms with Gasteiger partial charge in [0.25, 0.3) is 0 Å². The fourth-order valence-electron chi connectivity index (χ4n) is 4.93. The van der Waals surface area contributed by atoms with Crippen LogP contribution in [0.3, 0.4) is 0 Å². The van der Waals surface area contributed by atoms with Gasteiger partial charge in [-0.1, -0.05) is 111 Å². The Morgan fingerprint density at radius 1 is 0.865 bits per heavy atom. The van der Waals surface area contributed by atoms with Gasteiger partial charge in [0.15, 0.2) is 6.29 Å². The Hall–Kier alpha value is -3.15. The monoisotopic (exact) mass is 494 g/mol. The minimum absolute atomic E-state index is 0.0778. The number of hydrogen-bond donors (Lipinski definition) is 0. The summed E-state index contributed by atoms with van der Waals surface area (Å²) in [5.74, 6) is 0.909. The first-order valence-electron chi connectivity index (χ1n) is 13.7. The summed E-state index contributed by atoms with van der Waals surface area (Å²) in [6.07, 6.45) is 8.54. The first kappa shape index (κ1) is 26.9. The molecule has 0 bridgehead atoms. The smallest absolute Gasteiger partial charge is 0.162 e. The van der Waals surface area contributed by atoms with Crippen molar-refractivity contribution >= 4 is 7.85 Å². The minimum Gasteiger partial charge on any atom is -0.350 e. The predicted molar refractivity (Wildman–Crippen MR) is 154 cm³/mol. The van der Waals surface area contributed by atoms with Crippen LogP contribution in [0.4, 0.5) is 0 Å². The summed E-state index contributed by atoms with van der Waals surface area (Å²) < 4.78 is 13.5. The third-order valence-electron chi connectivity index (χ3n) is 7.02. The van der Waals surface area contributed by atoms with E-state index in [1.54, 1.807) is 0 Å². The Labute approximate surface area is 223 Å². The number of ether oxygens (including phenoxy) is 2. The van der Waals surface area contributed by atoms with Crippen LogP contribution in [0.1, 0.15) is 43.2 Å². The van der Waals surface area contributed by atoms with Crippen LogP contribution in [-0.4, -0.2) is 36.9 Å². The Morgan fingerprint density at radius 3 is 1.97 bits per heavy atom. The second-order valence-electron chi connectivity index (χ2n) is 9.59. The molecule has 1 atom stereocenters. The summed E-state index contributed by atoms with van der Waals surface area (Å²) in [5, 5.41) is 0. The molecule has 1 aliphatic rings.